The number of esters is 2. The van der Waals surface area contributed by atoms with Crippen molar-refractivity contribution in [3.05, 3.63) is 102 Å². The van der Waals surface area contributed by atoms with Crippen LogP contribution in [-0.2, 0) is 56.4 Å². The summed E-state index contributed by atoms with van der Waals surface area (Å²) >= 11 is 0. The third-order valence-electron chi connectivity index (χ3n) is 9.05. The van der Waals surface area contributed by atoms with E-state index < -0.39 is 57.5 Å². The lowest BCUT2D eigenvalue weighted by Gasteiger charge is -2.29. The molecule has 0 bridgehead atoms. The number of methoxy groups -OCH3 is 1. The van der Waals surface area contributed by atoms with E-state index in [1.54, 1.807) is 42.5 Å². The van der Waals surface area contributed by atoms with Crippen molar-refractivity contribution in [2.24, 2.45) is 11.7 Å². The van der Waals surface area contributed by atoms with Gasteiger partial charge in [-0.2, -0.15) is 0 Å². The average molecular weight is 824 g/mol. The quantitative estimate of drug-likeness (QED) is 0.0378. The molecule has 3 rings (SSSR count). The minimum Gasteiger partial charge on any atom is -0.467 e. The molecule has 0 saturated heterocycles. The Morgan fingerprint density at radius 3 is 2.00 bits per heavy atom. The predicted octanol–water partition coefficient (Wildman–Crippen LogP) is 3.82. The highest BCUT2D eigenvalue weighted by atomic mass is 32.2. The van der Waals surface area contributed by atoms with Gasteiger partial charge in [0.05, 0.1) is 18.6 Å². The first kappa shape index (κ1) is 47.1. The molecule has 0 heterocycles. The molecule has 3 amide bonds. The number of hydrogen-bond acceptors (Lipinski definition) is 11. The van der Waals surface area contributed by atoms with Gasteiger partial charge >= 0.3 is 18.0 Å². The van der Waals surface area contributed by atoms with Crippen LogP contribution in [0.1, 0.15) is 69.1 Å². The van der Waals surface area contributed by atoms with Crippen molar-refractivity contribution < 1.29 is 46.6 Å². The zero-order valence-corrected chi connectivity index (χ0v) is 34.5. The smallest absolute Gasteiger partial charge is 0.407 e. The Morgan fingerprint density at radius 2 is 1.38 bits per heavy atom. The van der Waals surface area contributed by atoms with E-state index in [0.29, 0.717) is 18.4 Å². The number of carbonyl (C=O) groups is 5. The number of ether oxygens (including phenoxy) is 3. The summed E-state index contributed by atoms with van der Waals surface area (Å²) in [5.41, 5.74) is 6.74. The van der Waals surface area contributed by atoms with Crippen molar-refractivity contribution in [2.45, 2.75) is 94.8 Å². The fourth-order valence-electron chi connectivity index (χ4n) is 5.66. The van der Waals surface area contributed by atoms with E-state index in [0.717, 1.165) is 11.1 Å². The van der Waals surface area contributed by atoms with E-state index in [1.807, 2.05) is 51.1 Å². The van der Waals surface area contributed by atoms with Gasteiger partial charge in [-0.1, -0.05) is 92.2 Å². The molecule has 0 saturated carbocycles. The van der Waals surface area contributed by atoms with Crippen LogP contribution < -0.4 is 26.4 Å². The highest BCUT2D eigenvalue weighted by molar-refractivity contribution is 7.89. The Kier molecular flexibility index (Phi) is 19.3. The molecule has 0 aliphatic carbocycles. The largest absolute Gasteiger partial charge is 0.467 e. The fraction of sp³-hybridized carbons (Fsp3) is 0.452. The Bertz CT molecular complexity index is 1880. The van der Waals surface area contributed by atoms with Gasteiger partial charge in [0.15, 0.2) is 5.54 Å². The number of carbonyl (C=O) groups excluding carboxylic acids is 5. The Balaban J connectivity index is 1.67. The van der Waals surface area contributed by atoms with E-state index in [-0.39, 0.29) is 69.2 Å². The number of unbranched alkanes of at least 4 members (excludes halogenated alkanes) is 2. The van der Waals surface area contributed by atoms with E-state index in [4.69, 9.17) is 19.9 Å². The van der Waals surface area contributed by atoms with Crippen LogP contribution in [0.25, 0.3) is 0 Å². The van der Waals surface area contributed by atoms with Gasteiger partial charge in [0, 0.05) is 19.5 Å². The van der Waals surface area contributed by atoms with E-state index in [9.17, 15) is 32.4 Å². The monoisotopic (exact) mass is 823 g/mol. The van der Waals surface area contributed by atoms with Crippen molar-refractivity contribution in [2.75, 3.05) is 26.8 Å². The van der Waals surface area contributed by atoms with Crippen LogP contribution >= 0.6 is 0 Å². The molecule has 0 fully saturated rings. The maximum atomic E-state index is 14.0. The molecule has 15 nitrogen and oxygen atoms in total. The van der Waals surface area contributed by atoms with E-state index >= 15 is 0 Å². The average Bonchev–Trinajstić information content (AvgIpc) is 3.21. The Morgan fingerprint density at radius 1 is 0.759 bits per heavy atom. The van der Waals surface area contributed by atoms with Gasteiger partial charge in [-0.15, -0.1) is 0 Å². The van der Waals surface area contributed by atoms with Crippen LogP contribution in [0.3, 0.4) is 0 Å². The first-order chi connectivity index (χ1) is 27.6. The van der Waals surface area contributed by atoms with Gasteiger partial charge in [-0.25, -0.2) is 27.5 Å². The van der Waals surface area contributed by atoms with Gasteiger partial charge in [0.2, 0.25) is 15.9 Å². The summed E-state index contributed by atoms with van der Waals surface area (Å²) in [6.45, 7) is 5.86. The van der Waals surface area contributed by atoms with Gasteiger partial charge < -0.3 is 35.9 Å². The number of aryl methyl sites for hydroxylation is 1. The molecule has 3 aromatic carbocycles. The highest BCUT2D eigenvalue weighted by Crippen LogP contribution is 2.18. The van der Waals surface area contributed by atoms with Crippen molar-refractivity contribution >= 4 is 39.9 Å². The van der Waals surface area contributed by atoms with Crippen molar-refractivity contribution in [3.63, 3.8) is 0 Å². The van der Waals surface area contributed by atoms with Crippen LogP contribution in [0.15, 0.2) is 89.8 Å². The third-order valence-corrected chi connectivity index (χ3v) is 10.5. The zero-order chi connectivity index (χ0) is 42.6. The minimum absolute atomic E-state index is 0.0112. The van der Waals surface area contributed by atoms with Crippen molar-refractivity contribution in [1.29, 1.82) is 0 Å². The SMILES string of the molecule is COC(=O)[C@H](CCCCNC(=O)OCc1ccccc1)NC(=O)[C@H](Cc1ccccc1)NC(=O)[C@](N)(CCCCNS(=O)(=O)c1ccc(C)cc1)C(=O)OCC(C)C. The summed E-state index contributed by atoms with van der Waals surface area (Å²) < 4.78 is 43.6. The maximum absolute atomic E-state index is 14.0. The Hall–Kier alpha value is -5.32. The molecule has 3 aromatic rings. The predicted molar refractivity (Wildman–Crippen MR) is 217 cm³/mol. The second-order valence-corrected chi connectivity index (χ2v) is 16.2. The number of nitrogens with two attached hydrogens (primary N) is 1. The van der Waals surface area contributed by atoms with E-state index in [1.165, 1.54) is 19.2 Å². The van der Waals surface area contributed by atoms with Gasteiger partial charge in [-0.05, 0) is 74.6 Å². The lowest BCUT2D eigenvalue weighted by molar-refractivity contribution is -0.156. The standard InChI is InChI=1S/C42H57N5O10S/c1-30(2)28-56-40(51)42(43,24-12-14-26-45-58(53,54)34-22-20-31(3)21-23-34)39(50)47-36(27-32-15-7-5-8-16-32)37(48)46-35(38(49)55-4)19-11-13-25-44-41(52)57-29-33-17-9-6-10-18-33/h5-10,15-18,20-23,30,35-36,45H,11-14,19,24-29,43H2,1-4H3,(H,44,52)(H,46,48)(H,47,50)/t35-,36-,42+/m0/s1. The molecule has 316 valence electrons. The molecule has 0 aliphatic rings. The summed E-state index contributed by atoms with van der Waals surface area (Å²) in [5, 5.41) is 7.98. The summed E-state index contributed by atoms with van der Waals surface area (Å²) in [7, 11) is -2.60. The molecule has 0 aromatic heterocycles. The maximum Gasteiger partial charge on any atom is 0.407 e. The van der Waals surface area contributed by atoms with Gasteiger partial charge in [-0.3, -0.25) is 9.59 Å². The molecule has 0 radical (unpaired) electrons. The number of amides is 3. The van der Waals surface area contributed by atoms with Crippen molar-refractivity contribution in [1.82, 2.24) is 20.7 Å². The van der Waals surface area contributed by atoms with Crippen LogP contribution in [-0.4, -0.2) is 82.7 Å². The number of nitrogens with one attached hydrogen (secondary N) is 4. The lowest BCUT2D eigenvalue weighted by atomic mass is 9.91. The van der Waals surface area contributed by atoms with Gasteiger partial charge in [0.1, 0.15) is 18.7 Å². The molecule has 0 unspecified atom stereocenters. The first-order valence-electron chi connectivity index (χ1n) is 19.3. The third kappa shape index (κ3) is 15.9. The Labute approximate surface area is 341 Å². The number of alkyl carbamates (subject to hydrolysis) is 1. The number of sulfonamides is 1. The van der Waals surface area contributed by atoms with Crippen LogP contribution in [0.5, 0.6) is 0 Å². The molecular formula is C42H57N5O10S. The van der Waals surface area contributed by atoms with Crippen LogP contribution in [0, 0.1) is 12.8 Å². The molecule has 6 N–H and O–H groups in total. The first-order valence-corrected chi connectivity index (χ1v) is 20.8. The summed E-state index contributed by atoms with van der Waals surface area (Å²) in [4.78, 5) is 66.4. The lowest BCUT2D eigenvalue weighted by Crippen LogP contribution is -2.64. The normalized spacial score (nSPS) is 13.3. The van der Waals surface area contributed by atoms with Crippen LogP contribution in [0.2, 0.25) is 0 Å². The molecule has 0 spiro atoms. The van der Waals surface area contributed by atoms with E-state index in [2.05, 4.69) is 20.7 Å². The number of rotatable bonds is 24. The second kappa shape index (κ2) is 23.8. The summed E-state index contributed by atoms with van der Waals surface area (Å²) in [6, 6.07) is 22.0. The molecule has 16 heteroatoms. The molecule has 58 heavy (non-hydrogen) atoms. The minimum atomic E-state index is -3.79. The van der Waals surface area contributed by atoms with Gasteiger partial charge in [0.25, 0.3) is 5.91 Å². The highest BCUT2D eigenvalue weighted by Gasteiger charge is 2.45. The zero-order valence-electron chi connectivity index (χ0n) is 33.7. The molecular weight excluding hydrogens is 767 g/mol. The molecule has 3 atom stereocenters. The topological polar surface area (TPSA) is 221 Å². The van der Waals surface area contributed by atoms with Crippen LogP contribution in [0.4, 0.5) is 4.79 Å². The fourth-order valence-corrected chi connectivity index (χ4v) is 6.74. The van der Waals surface area contributed by atoms with Crippen molar-refractivity contribution in [3.8, 4) is 0 Å². The second-order valence-electron chi connectivity index (χ2n) is 14.4. The summed E-state index contributed by atoms with van der Waals surface area (Å²) in [5.74, 6) is -3.47. The number of hydrogen-bond donors (Lipinski definition) is 5. The number of benzene rings is 3. The summed E-state index contributed by atoms with van der Waals surface area (Å²) in [6.07, 6.45) is 0.567. The molecule has 0 aliphatic heterocycles.